The first kappa shape index (κ1) is 11.0. The molecule has 1 aliphatic heterocycles. The van der Waals surface area contributed by atoms with Crippen molar-refractivity contribution in [3.8, 4) is 0 Å². The standard InChI is InChI=1S/C14H15BN3/c1-15-13-6-8-16-11-12(13)7-10-18(15)14-5-3-4-9-17(14)2/h3-11H,1-2H3/q+1. The molecule has 88 valence electrons. The molecule has 2 aromatic heterocycles. The lowest BCUT2D eigenvalue weighted by atomic mass is 9.54. The van der Waals surface area contributed by atoms with Crippen LogP contribution in [0.4, 0.5) is 5.82 Å². The van der Waals surface area contributed by atoms with Gasteiger partial charge in [-0.25, -0.2) is 4.57 Å². The molecule has 0 bridgehead atoms. The van der Waals surface area contributed by atoms with Crippen LogP contribution in [0, 0.1) is 0 Å². The minimum Gasteiger partial charge on any atom is -0.293 e. The number of hydrogen-bond donors (Lipinski definition) is 0. The molecule has 0 fully saturated rings. The minimum absolute atomic E-state index is 0.321. The summed E-state index contributed by atoms with van der Waals surface area (Å²) in [6.07, 6.45) is 10.1. The van der Waals surface area contributed by atoms with Crippen LogP contribution in [0.3, 0.4) is 0 Å². The van der Waals surface area contributed by atoms with Crippen molar-refractivity contribution in [2.75, 3.05) is 4.81 Å². The Bertz CT molecular complexity index is 609. The largest absolute Gasteiger partial charge is 0.409 e. The predicted octanol–water partition coefficient (Wildman–Crippen LogP) is 1.23. The number of aromatic nitrogens is 2. The van der Waals surface area contributed by atoms with E-state index in [9.17, 15) is 0 Å². The summed E-state index contributed by atoms with van der Waals surface area (Å²) in [6.45, 7) is 2.54. The highest BCUT2D eigenvalue weighted by Gasteiger charge is 2.32. The molecule has 1 aliphatic rings. The zero-order chi connectivity index (χ0) is 12.5. The Morgan fingerprint density at radius 3 is 3.00 bits per heavy atom. The van der Waals surface area contributed by atoms with Crippen LogP contribution in [0.15, 0.2) is 49.1 Å². The first-order valence-corrected chi connectivity index (χ1v) is 6.12. The van der Waals surface area contributed by atoms with Crippen molar-refractivity contribution < 1.29 is 4.57 Å². The average Bonchev–Trinajstić information content (AvgIpc) is 2.41. The molecule has 0 saturated heterocycles. The van der Waals surface area contributed by atoms with Gasteiger partial charge in [0.05, 0.1) is 19.4 Å². The molecule has 0 radical (unpaired) electrons. The lowest BCUT2D eigenvalue weighted by Crippen LogP contribution is -2.50. The SMILES string of the molecule is CB1c2ccncc2C=CN1c1cccc[n+]1C. The second-order valence-electron chi connectivity index (χ2n) is 4.57. The third-order valence-electron chi connectivity index (χ3n) is 3.46. The van der Waals surface area contributed by atoms with Gasteiger partial charge in [0.15, 0.2) is 0 Å². The van der Waals surface area contributed by atoms with E-state index in [2.05, 4.69) is 64.9 Å². The molecule has 0 amide bonds. The monoisotopic (exact) mass is 236 g/mol. The Labute approximate surface area is 108 Å². The van der Waals surface area contributed by atoms with E-state index in [-0.39, 0.29) is 0 Å². The Hall–Kier alpha value is -2.10. The van der Waals surface area contributed by atoms with Gasteiger partial charge in [0, 0.05) is 18.5 Å². The molecule has 0 spiro atoms. The molecule has 3 heterocycles. The van der Waals surface area contributed by atoms with Gasteiger partial charge < -0.3 is 0 Å². The first-order valence-electron chi connectivity index (χ1n) is 6.12. The van der Waals surface area contributed by atoms with Crippen LogP contribution < -0.4 is 14.8 Å². The molecule has 0 saturated carbocycles. The van der Waals surface area contributed by atoms with E-state index in [0.29, 0.717) is 6.85 Å². The van der Waals surface area contributed by atoms with Crippen molar-refractivity contribution >= 4 is 24.2 Å². The van der Waals surface area contributed by atoms with E-state index >= 15 is 0 Å². The van der Waals surface area contributed by atoms with Crippen molar-refractivity contribution in [2.24, 2.45) is 7.05 Å². The van der Waals surface area contributed by atoms with Crippen LogP contribution in [-0.2, 0) is 7.05 Å². The summed E-state index contributed by atoms with van der Waals surface area (Å²) in [4.78, 5) is 6.45. The normalized spacial score (nSPS) is 13.7. The number of fused-ring (bicyclic) bond motifs is 1. The topological polar surface area (TPSA) is 20.0 Å². The second-order valence-corrected chi connectivity index (χ2v) is 4.57. The van der Waals surface area contributed by atoms with E-state index in [1.807, 2.05) is 18.5 Å². The Morgan fingerprint density at radius 1 is 1.28 bits per heavy atom. The summed E-state index contributed by atoms with van der Waals surface area (Å²) in [6, 6.07) is 8.34. The van der Waals surface area contributed by atoms with E-state index in [1.165, 1.54) is 16.8 Å². The molecular formula is C14H15BN3+. The molecular weight excluding hydrogens is 221 g/mol. The fraction of sp³-hybridized carbons (Fsp3) is 0.143. The third-order valence-corrected chi connectivity index (χ3v) is 3.46. The van der Waals surface area contributed by atoms with Crippen molar-refractivity contribution in [1.29, 1.82) is 0 Å². The molecule has 0 aliphatic carbocycles. The quantitative estimate of drug-likeness (QED) is 0.548. The maximum Gasteiger partial charge on any atom is 0.409 e. The summed E-state index contributed by atoms with van der Waals surface area (Å²) in [7, 11) is 2.07. The maximum absolute atomic E-state index is 4.17. The zero-order valence-corrected chi connectivity index (χ0v) is 10.6. The first-order chi connectivity index (χ1) is 8.77. The molecule has 0 atom stereocenters. The van der Waals surface area contributed by atoms with Crippen molar-refractivity contribution in [3.05, 3.63) is 54.6 Å². The van der Waals surface area contributed by atoms with Gasteiger partial charge in [-0.2, -0.15) is 0 Å². The highest BCUT2D eigenvalue weighted by molar-refractivity contribution is 6.77. The van der Waals surface area contributed by atoms with Crippen LogP contribution in [0.5, 0.6) is 0 Å². The Morgan fingerprint density at radius 2 is 2.17 bits per heavy atom. The van der Waals surface area contributed by atoms with E-state index in [4.69, 9.17) is 0 Å². The molecule has 4 heteroatoms. The summed E-state index contributed by atoms with van der Waals surface area (Å²) in [5.74, 6) is 1.18. The van der Waals surface area contributed by atoms with E-state index < -0.39 is 0 Å². The van der Waals surface area contributed by atoms with Gasteiger partial charge in [-0.1, -0.05) is 6.07 Å². The number of rotatable bonds is 1. The van der Waals surface area contributed by atoms with Crippen molar-refractivity contribution in [3.63, 3.8) is 0 Å². The molecule has 2 aromatic rings. The summed E-state index contributed by atoms with van der Waals surface area (Å²) >= 11 is 0. The van der Waals surface area contributed by atoms with Crippen LogP contribution in [0.2, 0.25) is 6.82 Å². The fourth-order valence-electron chi connectivity index (χ4n) is 2.43. The molecule has 0 aromatic carbocycles. The minimum atomic E-state index is 0.321. The number of aryl methyl sites for hydroxylation is 1. The van der Waals surface area contributed by atoms with Gasteiger partial charge >= 0.3 is 6.85 Å². The van der Waals surface area contributed by atoms with Gasteiger partial charge in [0.2, 0.25) is 0 Å². The number of pyridine rings is 2. The Balaban J connectivity index is 2.06. The summed E-state index contributed by atoms with van der Waals surface area (Å²) in [5, 5.41) is 0. The smallest absolute Gasteiger partial charge is 0.293 e. The summed E-state index contributed by atoms with van der Waals surface area (Å²) in [5.41, 5.74) is 2.52. The van der Waals surface area contributed by atoms with Gasteiger partial charge in [-0.05, 0) is 36.1 Å². The Kier molecular flexibility index (Phi) is 2.63. The van der Waals surface area contributed by atoms with E-state index in [1.54, 1.807) is 0 Å². The highest BCUT2D eigenvalue weighted by atomic mass is 15.2. The fourth-order valence-corrected chi connectivity index (χ4v) is 2.43. The lowest BCUT2D eigenvalue weighted by Gasteiger charge is -2.23. The second kappa shape index (κ2) is 4.29. The number of anilines is 1. The van der Waals surface area contributed by atoms with Crippen LogP contribution in [0.25, 0.3) is 6.08 Å². The van der Waals surface area contributed by atoms with Crippen LogP contribution in [-0.4, -0.2) is 11.8 Å². The van der Waals surface area contributed by atoms with Crippen LogP contribution in [0.1, 0.15) is 5.56 Å². The van der Waals surface area contributed by atoms with Gasteiger partial charge in [-0.15, -0.1) is 0 Å². The van der Waals surface area contributed by atoms with Crippen molar-refractivity contribution in [2.45, 2.75) is 6.82 Å². The molecule has 3 nitrogen and oxygen atoms in total. The van der Waals surface area contributed by atoms with Crippen molar-refractivity contribution in [1.82, 2.24) is 4.98 Å². The highest BCUT2D eigenvalue weighted by Crippen LogP contribution is 2.16. The van der Waals surface area contributed by atoms with Gasteiger partial charge in [0.25, 0.3) is 5.82 Å². The van der Waals surface area contributed by atoms with Crippen LogP contribution >= 0.6 is 0 Å². The molecule has 0 unspecified atom stereocenters. The molecule has 3 rings (SSSR count). The molecule has 0 N–H and O–H groups in total. The summed E-state index contributed by atoms with van der Waals surface area (Å²) < 4.78 is 2.13. The van der Waals surface area contributed by atoms with Gasteiger partial charge in [-0.3, -0.25) is 9.79 Å². The lowest BCUT2D eigenvalue weighted by molar-refractivity contribution is -0.658. The number of hydrogen-bond acceptors (Lipinski definition) is 2. The predicted molar refractivity (Wildman–Crippen MR) is 74.6 cm³/mol. The van der Waals surface area contributed by atoms with Gasteiger partial charge in [0.1, 0.15) is 0 Å². The zero-order valence-electron chi connectivity index (χ0n) is 10.6. The maximum atomic E-state index is 4.17. The molecule has 18 heavy (non-hydrogen) atoms. The number of nitrogens with zero attached hydrogens (tertiary/aromatic N) is 3. The third kappa shape index (κ3) is 1.70. The van der Waals surface area contributed by atoms with E-state index in [0.717, 1.165) is 0 Å². The average molecular weight is 236 g/mol.